The van der Waals surface area contributed by atoms with Crippen LogP contribution in [0.5, 0.6) is 0 Å². The van der Waals surface area contributed by atoms with Gasteiger partial charge in [0.15, 0.2) is 0 Å². The van der Waals surface area contributed by atoms with Gasteiger partial charge in [-0.25, -0.2) is 14.6 Å². The third-order valence-electron chi connectivity index (χ3n) is 2.79. The second-order valence-corrected chi connectivity index (χ2v) is 5.48. The molecule has 8 heteroatoms. The average molecular weight is 400 g/mol. The summed E-state index contributed by atoms with van der Waals surface area (Å²) < 4.78 is 9.96. The van der Waals surface area contributed by atoms with Gasteiger partial charge in [0.05, 0.1) is 18.4 Å². The van der Waals surface area contributed by atoms with Gasteiger partial charge >= 0.3 is 12.1 Å². The Morgan fingerprint density at radius 1 is 1.30 bits per heavy atom. The standard InChI is InChI=1S/C15H12BrClN2O4/c1-22-14(20)10-7-11(17)18-13(16)12(10)19-15(21)23-8-9-5-3-2-4-6-9/h2-7H,8H2,1H3,(H,19,21). The molecule has 1 heterocycles. The van der Waals surface area contributed by atoms with Gasteiger partial charge < -0.3 is 9.47 Å². The van der Waals surface area contributed by atoms with Gasteiger partial charge in [-0.15, -0.1) is 0 Å². The summed E-state index contributed by atoms with van der Waals surface area (Å²) in [5.41, 5.74) is 1.03. The lowest BCUT2D eigenvalue weighted by Gasteiger charge is -2.12. The predicted molar refractivity (Wildman–Crippen MR) is 88.5 cm³/mol. The maximum Gasteiger partial charge on any atom is 0.412 e. The summed E-state index contributed by atoms with van der Waals surface area (Å²) in [7, 11) is 1.22. The van der Waals surface area contributed by atoms with Crippen LogP contribution in [0.3, 0.4) is 0 Å². The quantitative estimate of drug-likeness (QED) is 0.620. The Bertz CT molecular complexity index is 725. The number of rotatable bonds is 4. The van der Waals surface area contributed by atoms with Crippen LogP contribution in [-0.2, 0) is 16.1 Å². The number of hydrogen-bond donors (Lipinski definition) is 1. The molecule has 0 atom stereocenters. The van der Waals surface area contributed by atoms with E-state index in [1.807, 2.05) is 30.3 Å². The molecule has 0 spiro atoms. The Hall–Kier alpha value is -2.12. The Balaban J connectivity index is 2.12. The number of methoxy groups -OCH3 is 1. The largest absolute Gasteiger partial charge is 0.465 e. The molecule has 2 aromatic rings. The molecule has 120 valence electrons. The van der Waals surface area contributed by atoms with Crippen LogP contribution >= 0.6 is 27.5 Å². The molecule has 0 saturated heterocycles. The molecule has 0 unspecified atom stereocenters. The van der Waals surface area contributed by atoms with E-state index < -0.39 is 12.1 Å². The summed E-state index contributed by atoms with van der Waals surface area (Å²) in [5.74, 6) is -0.659. The third-order valence-corrected chi connectivity index (χ3v) is 3.56. The molecule has 0 bridgehead atoms. The molecule has 0 aliphatic rings. The van der Waals surface area contributed by atoms with E-state index >= 15 is 0 Å². The monoisotopic (exact) mass is 398 g/mol. The summed E-state index contributed by atoms with van der Waals surface area (Å²) in [6.07, 6.45) is -0.733. The lowest BCUT2D eigenvalue weighted by atomic mass is 10.2. The number of anilines is 1. The van der Waals surface area contributed by atoms with Gasteiger partial charge in [0, 0.05) is 0 Å². The molecule has 1 N–H and O–H groups in total. The SMILES string of the molecule is COC(=O)c1cc(Cl)nc(Br)c1NC(=O)OCc1ccccc1. The topological polar surface area (TPSA) is 77.5 Å². The van der Waals surface area contributed by atoms with E-state index in [1.165, 1.54) is 13.2 Å². The minimum absolute atomic E-state index is 0.0658. The number of pyridine rings is 1. The molecule has 23 heavy (non-hydrogen) atoms. The van der Waals surface area contributed by atoms with Crippen molar-refractivity contribution in [3.8, 4) is 0 Å². The summed E-state index contributed by atoms with van der Waals surface area (Å²) in [4.78, 5) is 27.6. The molecular weight excluding hydrogens is 388 g/mol. The van der Waals surface area contributed by atoms with Crippen LogP contribution in [0.2, 0.25) is 5.15 Å². The first-order chi connectivity index (χ1) is 11.0. The highest BCUT2D eigenvalue weighted by Gasteiger charge is 2.19. The molecular formula is C15H12BrClN2O4. The number of benzene rings is 1. The molecule has 6 nitrogen and oxygen atoms in total. The van der Waals surface area contributed by atoms with Crippen LogP contribution in [0.4, 0.5) is 10.5 Å². The van der Waals surface area contributed by atoms with Crippen LogP contribution in [-0.4, -0.2) is 24.2 Å². The maximum absolute atomic E-state index is 11.9. The van der Waals surface area contributed by atoms with Gasteiger partial charge in [-0.3, -0.25) is 5.32 Å². The Morgan fingerprint density at radius 3 is 2.65 bits per heavy atom. The fourth-order valence-electron chi connectivity index (χ4n) is 1.74. The molecule has 1 aromatic carbocycles. The first-order valence-electron chi connectivity index (χ1n) is 6.43. The van der Waals surface area contributed by atoms with Crippen molar-refractivity contribution in [3.05, 3.63) is 57.3 Å². The molecule has 0 saturated carbocycles. The highest BCUT2D eigenvalue weighted by molar-refractivity contribution is 9.10. The minimum atomic E-state index is -0.733. The fourth-order valence-corrected chi connectivity index (χ4v) is 2.53. The molecule has 1 amide bonds. The number of nitrogens with one attached hydrogen (secondary N) is 1. The lowest BCUT2D eigenvalue weighted by Crippen LogP contribution is -2.17. The molecule has 0 radical (unpaired) electrons. The predicted octanol–water partition coefficient (Wildman–Crippen LogP) is 4.03. The van der Waals surface area contributed by atoms with Crippen molar-refractivity contribution < 1.29 is 19.1 Å². The van der Waals surface area contributed by atoms with Crippen LogP contribution in [0, 0.1) is 0 Å². The van der Waals surface area contributed by atoms with Crippen molar-refractivity contribution in [2.24, 2.45) is 0 Å². The summed E-state index contributed by atoms with van der Waals surface area (Å²) >= 11 is 8.95. The number of ether oxygens (including phenoxy) is 2. The Kier molecular flexibility index (Phi) is 5.95. The highest BCUT2D eigenvalue weighted by Crippen LogP contribution is 2.28. The van der Waals surface area contributed by atoms with E-state index in [-0.39, 0.29) is 27.6 Å². The van der Waals surface area contributed by atoms with Gasteiger partial charge in [0.2, 0.25) is 0 Å². The molecule has 0 aliphatic heterocycles. The van der Waals surface area contributed by atoms with E-state index in [4.69, 9.17) is 16.3 Å². The zero-order valence-corrected chi connectivity index (χ0v) is 14.3. The molecule has 1 aromatic heterocycles. The second-order valence-electron chi connectivity index (χ2n) is 4.34. The number of halogens is 2. The fraction of sp³-hybridized carbons (Fsp3) is 0.133. The van der Waals surface area contributed by atoms with Gasteiger partial charge in [-0.05, 0) is 27.6 Å². The van der Waals surface area contributed by atoms with E-state index in [0.717, 1.165) is 5.56 Å². The number of aromatic nitrogens is 1. The van der Waals surface area contributed by atoms with Gasteiger partial charge in [-0.2, -0.15) is 0 Å². The second kappa shape index (κ2) is 7.94. The zero-order valence-electron chi connectivity index (χ0n) is 12.0. The molecule has 0 fully saturated rings. The number of amides is 1. The Morgan fingerprint density at radius 2 is 2.00 bits per heavy atom. The van der Waals surface area contributed by atoms with Gasteiger partial charge in [0.25, 0.3) is 0 Å². The zero-order chi connectivity index (χ0) is 16.8. The number of nitrogens with zero attached hydrogens (tertiary/aromatic N) is 1. The number of carbonyl (C=O) groups excluding carboxylic acids is 2. The minimum Gasteiger partial charge on any atom is -0.465 e. The van der Waals surface area contributed by atoms with Crippen LogP contribution in [0.25, 0.3) is 0 Å². The van der Waals surface area contributed by atoms with Crippen LogP contribution < -0.4 is 5.32 Å². The van der Waals surface area contributed by atoms with Gasteiger partial charge in [0.1, 0.15) is 16.4 Å². The van der Waals surface area contributed by atoms with Gasteiger partial charge in [-0.1, -0.05) is 41.9 Å². The number of esters is 1. The van der Waals surface area contributed by atoms with Crippen molar-refractivity contribution in [3.63, 3.8) is 0 Å². The smallest absolute Gasteiger partial charge is 0.412 e. The van der Waals surface area contributed by atoms with Crippen LogP contribution in [0.1, 0.15) is 15.9 Å². The lowest BCUT2D eigenvalue weighted by molar-refractivity contribution is 0.0601. The van der Waals surface area contributed by atoms with E-state index in [1.54, 1.807) is 0 Å². The van der Waals surface area contributed by atoms with Crippen molar-refractivity contribution in [2.45, 2.75) is 6.61 Å². The van der Waals surface area contributed by atoms with E-state index in [2.05, 4.69) is 31.0 Å². The van der Waals surface area contributed by atoms with Crippen LogP contribution in [0.15, 0.2) is 41.0 Å². The Labute approximate surface area is 145 Å². The van der Waals surface area contributed by atoms with E-state index in [0.29, 0.717) is 0 Å². The summed E-state index contributed by atoms with van der Waals surface area (Å²) in [5, 5.41) is 2.55. The maximum atomic E-state index is 11.9. The summed E-state index contributed by atoms with van der Waals surface area (Å²) in [6, 6.07) is 10.5. The highest BCUT2D eigenvalue weighted by atomic mass is 79.9. The van der Waals surface area contributed by atoms with E-state index in [9.17, 15) is 9.59 Å². The first kappa shape index (κ1) is 17.2. The molecule has 0 aliphatic carbocycles. The van der Waals surface area contributed by atoms with Crippen molar-refractivity contribution in [2.75, 3.05) is 12.4 Å². The van der Waals surface area contributed by atoms with Crippen molar-refractivity contribution in [1.82, 2.24) is 4.98 Å². The number of hydrogen-bond acceptors (Lipinski definition) is 5. The molecule has 2 rings (SSSR count). The average Bonchev–Trinajstić information content (AvgIpc) is 2.55. The van der Waals surface area contributed by atoms with Crippen molar-refractivity contribution >= 4 is 45.3 Å². The summed E-state index contributed by atoms with van der Waals surface area (Å²) in [6.45, 7) is 0.0961. The number of carbonyl (C=O) groups is 2. The van der Waals surface area contributed by atoms with Crippen molar-refractivity contribution in [1.29, 1.82) is 0 Å². The normalized spacial score (nSPS) is 10.0. The third kappa shape index (κ3) is 4.67. The first-order valence-corrected chi connectivity index (χ1v) is 7.60.